The number of fused-ring (bicyclic) bond motifs is 6. The molecule has 52 heavy (non-hydrogen) atoms. The lowest BCUT2D eigenvalue weighted by atomic mass is 9.94. The van der Waals surface area contributed by atoms with Crippen LogP contribution in [0.4, 0.5) is 17.1 Å². The molecule has 1 aromatic heterocycles. The summed E-state index contributed by atoms with van der Waals surface area (Å²) in [6.07, 6.45) is 6.73. The summed E-state index contributed by atoms with van der Waals surface area (Å²) in [5.74, 6) is 0. The van der Waals surface area contributed by atoms with Crippen LogP contribution in [0, 0.1) is 0 Å². The van der Waals surface area contributed by atoms with Gasteiger partial charge in [-0.1, -0.05) is 146 Å². The van der Waals surface area contributed by atoms with Crippen molar-refractivity contribution in [3.63, 3.8) is 0 Å². The predicted molar refractivity (Wildman–Crippen MR) is 220 cm³/mol. The minimum absolute atomic E-state index is 0.909. The summed E-state index contributed by atoms with van der Waals surface area (Å²) in [6.45, 7) is 0. The molecular formula is C50H35NO. The van der Waals surface area contributed by atoms with E-state index in [1.165, 1.54) is 50.0 Å². The number of allylic oxidation sites excluding steroid dienone is 1. The van der Waals surface area contributed by atoms with Gasteiger partial charge in [0.2, 0.25) is 0 Å². The van der Waals surface area contributed by atoms with Crippen molar-refractivity contribution in [1.82, 2.24) is 0 Å². The quantitative estimate of drug-likeness (QED) is 0.176. The lowest BCUT2D eigenvalue weighted by Gasteiger charge is -2.29. The predicted octanol–water partition coefficient (Wildman–Crippen LogP) is 14.2. The molecule has 0 spiro atoms. The van der Waals surface area contributed by atoms with Crippen molar-refractivity contribution in [3.8, 4) is 33.4 Å². The van der Waals surface area contributed by atoms with Gasteiger partial charge in [0.25, 0.3) is 0 Å². The molecule has 1 aliphatic rings. The van der Waals surface area contributed by atoms with E-state index < -0.39 is 0 Å². The zero-order valence-corrected chi connectivity index (χ0v) is 28.7. The molecule has 0 radical (unpaired) electrons. The molecular weight excluding hydrogens is 631 g/mol. The first-order valence-electron chi connectivity index (χ1n) is 18.1. The van der Waals surface area contributed by atoms with Crippen molar-refractivity contribution in [1.29, 1.82) is 0 Å². The standard InChI is InChI=1S/C50H35NO/c1-2-10-34(11-3-1)35-20-22-36(23-21-35)37-24-29-41(30-25-37)51(47-18-8-14-38-12-4-6-15-43(38)47)42-31-26-40(27-32-42)44-17-9-19-48-49(44)46-33-28-39-13-5-7-16-45(39)50(46)52-48/h1-3,5-11,13-33H,4,12H2. The molecule has 0 amide bonds. The number of hydrogen-bond donors (Lipinski definition) is 0. The Balaban J connectivity index is 1.05. The molecule has 246 valence electrons. The van der Waals surface area contributed by atoms with Crippen LogP contribution in [0.1, 0.15) is 17.5 Å². The van der Waals surface area contributed by atoms with E-state index in [1.54, 1.807) is 0 Å². The van der Waals surface area contributed by atoms with Gasteiger partial charge in [0.15, 0.2) is 0 Å². The second-order valence-corrected chi connectivity index (χ2v) is 13.6. The molecule has 0 aliphatic heterocycles. The first-order chi connectivity index (χ1) is 25.8. The Labute approximate surface area is 303 Å². The van der Waals surface area contributed by atoms with Crippen LogP contribution in [0.2, 0.25) is 0 Å². The second-order valence-electron chi connectivity index (χ2n) is 13.6. The van der Waals surface area contributed by atoms with Crippen LogP contribution in [0.5, 0.6) is 0 Å². The number of nitrogens with zero attached hydrogens (tertiary/aromatic N) is 1. The molecule has 0 atom stereocenters. The minimum atomic E-state index is 0.909. The average molecular weight is 666 g/mol. The number of rotatable bonds is 6. The van der Waals surface area contributed by atoms with Crippen molar-refractivity contribution in [2.24, 2.45) is 0 Å². The lowest BCUT2D eigenvalue weighted by Crippen LogP contribution is -2.13. The fourth-order valence-corrected chi connectivity index (χ4v) is 7.95. The molecule has 0 saturated carbocycles. The maximum Gasteiger partial charge on any atom is 0.143 e. The van der Waals surface area contributed by atoms with Crippen LogP contribution in [0.25, 0.3) is 72.2 Å². The molecule has 1 heterocycles. The largest absolute Gasteiger partial charge is 0.455 e. The Bertz CT molecular complexity index is 2750. The van der Waals surface area contributed by atoms with Gasteiger partial charge in [-0.15, -0.1) is 0 Å². The number of benzene rings is 8. The molecule has 0 unspecified atom stereocenters. The van der Waals surface area contributed by atoms with Crippen molar-refractivity contribution in [2.45, 2.75) is 12.8 Å². The van der Waals surface area contributed by atoms with Gasteiger partial charge in [0, 0.05) is 33.1 Å². The van der Waals surface area contributed by atoms with Crippen molar-refractivity contribution in [2.75, 3.05) is 4.90 Å². The fraction of sp³-hybridized carbons (Fsp3) is 0.0400. The molecule has 0 bridgehead atoms. The SMILES string of the molecule is C1=Cc2c(cccc2N(c2ccc(-c3ccc(-c4ccccc4)cc3)cc2)c2ccc(-c3cccc4oc5c6ccccc6ccc5c34)cc2)CC1. The van der Waals surface area contributed by atoms with Crippen molar-refractivity contribution < 1.29 is 4.42 Å². The Morgan fingerprint density at radius 2 is 1.10 bits per heavy atom. The van der Waals surface area contributed by atoms with Crippen molar-refractivity contribution >= 4 is 55.8 Å². The Kier molecular flexibility index (Phi) is 7.32. The monoisotopic (exact) mass is 665 g/mol. The molecule has 8 aromatic carbocycles. The Morgan fingerprint density at radius 3 is 1.85 bits per heavy atom. The van der Waals surface area contributed by atoms with Gasteiger partial charge < -0.3 is 9.32 Å². The van der Waals surface area contributed by atoms with Gasteiger partial charge >= 0.3 is 0 Å². The normalized spacial score (nSPS) is 12.4. The highest BCUT2D eigenvalue weighted by molar-refractivity contribution is 6.19. The minimum Gasteiger partial charge on any atom is -0.455 e. The summed E-state index contributed by atoms with van der Waals surface area (Å²) < 4.78 is 6.51. The van der Waals surface area contributed by atoms with Crippen LogP contribution in [0.3, 0.4) is 0 Å². The first-order valence-corrected chi connectivity index (χ1v) is 18.1. The molecule has 2 nitrogen and oxygen atoms in total. The molecule has 0 saturated heterocycles. The second kappa shape index (κ2) is 12.6. The summed E-state index contributed by atoms with van der Waals surface area (Å²) >= 11 is 0. The van der Waals surface area contributed by atoms with E-state index in [1.807, 2.05) is 0 Å². The van der Waals surface area contributed by atoms with Gasteiger partial charge in [-0.2, -0.15) is 0 Å². The van der Waals surface area contributed by atoms with Gasteiger partial charge in [-0.05, 0) is 99.6 Å². The zero-order valence-electron chi connectivity index (χ0n) is 28.7. The van der Waals surface area contributed by atoms with Gasteiger partial charge in [-0.3, -0.25) is 0 Å². The van der Waals surface area contributed by atoms with Gasteiger partial charge in [-0.25, -0.2) is 0 Å². The third-order valence-electron chi connectivity index (χ3n) is 10.6. The maximum absolute atomic E-state index is 6.51. The van der Waals surface area contributed by atoms with Crippen LogP contribution in [0.15, 0.2) is 186 Å². The highest BCUT2D eigenvalue weighted by Gasteiger charge is 2.20. The molecule has 2 heteroatoms. The molecule has 0 N–H and O–H groups in total. The van der Waals surface area contributed by atoms with E-state index >= 15 is 0 Å². The Morgan fingerprint density at radius 1 is 0.462 bits per heavy atom. The lowest BCUT2D eigenvalue weighted by molar-refractivity contribution is 0.673. The van der Waals surface area contributed by atoms with E-state index in [2.05, 4.69) is 193 Å². The number of hydrogen-bond acceptors (Lipinski definition) is 2. The topological polar surface area (TPSA) is 16.4 Å². The summed E-state index contributed by atoms with van der Waals surface area (Å²) in [7, 11) is 0. The van der Waals surface area contributed by atoms with Crippen LogP contribution >= 0.6 is 0 Å². The molecule has 9 aromatic rings. The summed E-state index contributed by atoms with van der Waals surface area (Å²) in [6, 6.07) is 63.4. The number of anilines is 3. The van der Waals surface area contributed by atoms with E-state index in [0.29, 0.717) is 0 Å². The third-order valence-corrected chi connectivity index (χ3v) is 10.6. The van der Waals surface area contributed by atoms with E-state index in [4.69, 9.17) is 4.42 Å². The van der Waals surface area contributed by atoms with Crippen LogP contribution in [-0.2, 0) is 6.42 Å². The zero-order chi connectivity index (χ0) is 34.4. The number of aryl methyl sites for hydroxylation is 1. The average Bonchev–Trinajstić information content (AvgIpc) is 3.62. The first kappa shape index (κ1) is 30.2. The van der Waals surface area contributed by atoms with Gasteiger partial charge in [0.05, 0.1) is 5.69 Å². The summed E-state index contributed by atoms with van der Waals surface area (Å²) in [5, 5.41) is 4.63. The summed E-state index contributed by atoms with van der Waals surface area (Å²) in [5.41, 5.74) is 15.2. The van der Waals surface area contributed by atoms with E-state index in [-0.39, 0.29) is 0 Å². The molecule has 0 fully saturated rings. The highest BCUT2D eigenvalue weighted by atomic mass is 16.3. The van der Waals surface area contributed by atoms with Crippen LogP contribution in [-0.4, -0.2) is 0 Å². The fourth-order valence-electron chi connectivity index (χ4n) is 7.95. The smallest absolute Gasteiger partial charge is 0.143 e. The molecule has 10 rings (SSSR count). The van der Waals surface area contributed by atoms with Gasteiger partial charge in [0.1, 0.15) is 11.2 Å². The van der Waals surface area contributed by atoms with E-state index in [0.717, 1.165) is 57.1 Å². The van der Waals surface area contributed by atoms with E-state index in [9.17, 15) is 0 Å². The highest BCUT2D eigenvalue weighted by Crippen LogP contribution is 2.43. The third kappa shape index (κ3) is 5.20. The maximum atomic E-state index is 6.51. The Hall–Kier alpha value is -6.64. The summed E-state index contributed by atoms with van der Waals surface area (Å²) in [4.78, 5) is 2.40. The van der Waals surface area contributed by atoms with Crippen molar-refractivity contribution in [3.05, 3.63) is 193 Å². The number of furan rings is 1. The van der Waals surface area contributed by atoms with Crippen LogP contribution < -0.4 is 4.90 Å². The molecule has 1 aliphatic carbocycles.